The predicted molar refractivity (Wildman–Crippen MR) is 98.1 cm³/mol. The fraction of sp³-hybridized carbons (Fsp3) is 0.588. The molecule has 146 valence electrons. The second-order valence-electron chi connectivity index (χ2n) is 7.38. The highest BCUT2D eigenvalue weighted by atomic mass is 32.1. The minimum Gasteiger partial charge on any atom is -0.350 e. The van der Waals surface area contributed by atoms with Crippen LogP contribution in [0.25, 0.3) is 0 Å². The highest BCUT2D eigenvalue weighted by Crippen LogP contribution is 2.19. The van der Waals surface area contributed by atoms with E-state index in [-0.39, 0.29) is 24.3 Å². The van der Waals surface area contributed by atoms with Crippen LogP contribution in [0.2, 0.25) is 0 Å². The Labute approximate surface area is 161 Å². The number of nitrogens with one attached hydrogen (secondary N) is 2. The Morgan fingerprint density at radius 1 is 1.41 bits per heavy atom. The average molecular weight is 393 g/mol. The fourth-order valence-corrected chi connectivity index (χ4v) is 3.84. The quantitative estimate of drug-likeness (QED) is 0.705. The number of hydrogen-bond acceptors (Lipinski definition) is 6. The van der Waals surface area contributed by atoms with E-state index in [0.29, 0.717) is 25.3 Å². The van der Waals surface area contributed by atoms with E-state index < -0.39 is 17.5 Å². The number of urea groups is 1. The lowest BCUT2D eigenvalue weighted by Gasteiger charge is -2.33. The van der Waals surface area contributed by atoms with Crippen molar-refractivity contribution < 1.29 is 19.2 Å². The molecule has 2 aliphatic heterocycles. The Kier molecular flexibility index (Phi) is 5.45. The first kappa shape index (κ1) is 19.3. The molecule has 2 saturated heterocycles. The van der Waals surface area contributed by atoms with E-state index in [0.717, 1.165) is 17.7 Å². The molecule has 9 nitrogen and oxygen atoms in total. The van der Waals surface area contributed by atoms with Gasteiger partial charge in [0.15, 0.2) is 0 Å². The van der Waals surface area contributed by atoms with Gasteiger partial charge < -0.3 is 15.5 Å². The molecule has 0 radical (unpaired) electrons. The lowest BCUT2D eigenvalue weighted by atomic mass is 9.98. The zero-order chi connectivity index (χ0) is 19.6. The van der Waals surface area contributed by atoms with Crippen LogP contribution >= 0.6 is 11.3 Å². The molecule has 3 rings (SSSR count). The van der Waals surface area contributed by atoms with Gasteiger partial charge in [-0.1, -0.05) is 0 Å². The molecule has 27 heavy (non-hydrogen) atoms. The van der Waals surface area contributed by atoms with Crippen LogP contribution in [0.1, 0.15) is 37.2 Å². The SMILES string of the molecule is CC1(C)NC(=O)N(CC(=O)N2CCCC(CNC(=O)c3cscn3)C2)C1=O. The van der Waals surface area contributed by atoms with Crippen LogP contribution in [0.4, 0.5) is 4.79 Å². The second kappa shape index (κ2) is 7.63. The molecule has 0 aromatic carbocycles. The number of likely N-dealkylation sites (tertiary alicyclic amines) is 1. The molecule has 0 spiro atoms. The van der Waals surface area contributed by atoms with E-state index in [2.05, 4.69) is 15.6 Å². The molecule has 1 aromatic heterocycles. The van der Waals surface area contributed by atoms with E-state index in [1.165, 1.54) is 11.3 Å². The molecule has 0 saturated carbocycles. The first-order chi connectivity index (χ1) is 12.8. The maximum Gasteiger partial charge on any atom is 0.325 e. The van der Waals surface area contributed by atoms with E-state index in [4.69, 9.17) is 0 Å². The van der Waals surface area contributed by atoms with E-state index in [1.807, 2.05) is 0 Å². The van der Waals surface area contributed by atoms with Crippen molar-refractivity contribution in [2.24, 2.45) is 5.92 Å². The zero-order valence-electron chi connectivity index (χ0n) is 15.4. The highest BCUT2D eigenvalue weighted by molar-refractivity contribution is 7.07. The monoisotopic (exact) mass is 393 g/mol. The van der Waals surface area contributed by atoms with Gasteiger partial charge in [-0.05, 0) is 32.6 Å². The minimum atomic E-state index is -0.984. The van der Waals surface area contributed by atoms with E-state index in [1.54, 1.807) is 29.6 Å². The summed E-state index contributed by atoms with van der Waals surface area (Å²) in [6.45, 7) is 4.49. The lowest BCUT2D eigenvalue weighted by Crippen LogP contribution is -2.48. The lowest BCUT2D eigenvalue weighted by molar-refractivity contribution is -0.139. The summed E-state index contributed by atoms with van der Waals surface area (Å²) in [5, 5.41) is 7.11. The van der Waals surface area contributed by atoms with E-state index in [9.17, 15) is 19.2 Å². The maximum atomic E-state index is 12.6. The number of aromatic nitrogens is 1. The van der Waals surface area contributed by atoms with Gasteiger partial charge in [-0.2, -0.15) is 0 Å². The van der Waals surface area contributed by atoms with Crippen LogP contribution in [0, 0.1) is 5.92 Å². The van der Waals surface area contributed by atoms with Crippen molar-refractivity contribution in [2.75, 3.05) is 26.2 Å². The Hall–Kier alpha value is -2.49. The summed E-state index contributed by atoms with van der Waals surface area (Å²) in [6.07, 6.45) is 1.71. The first-order valence-corrected chi connectivity index (χ1v) is 9.80. The standard InChI is InChI=1S/C17H23N5O4S/c1-17(2)15(25)22(16(26)20-17)8-13(23)21-5-3-4-11(7-21)6-18-14(24)12-9-27-10-19-12/h9-11H,3-8H2,1-2H3,(H,18,24)(H,20,26). The van der Waals surface area contributed by atoms with Crippen LogP contribution in [0.3, 0.4) is 0 Å². The fourth-order valence-electron chi connectivity index (χ4n) is 3.31. The van der Waals surface area contributed by atoms with Crippen molar-refractivity contribution >= 4 is 35.1 Å². The van der Waals surface area contributed by atoms with Crippen molar-refractivity contribution in [3.05, 3.63) is 16.6 Å². The number of nitrogens with zero attached hydrogens (tertiary/aromatic N) is 3. The van der Waals surface area contributed by atoms with Crippen LogP contribution < -0.4 is 10.6 Å². The van der Waals surface area contributed by atoms with Gasteiger partial charge >= 0.3 is 6.03 Å². The minimum absolute atomic E-state index is 0.129. The van der Waals surface area contributed by atoms with Gasteiger partial charge in [0.1, 0.15) is 17.8 Å². The number of carbonyl (C=O) groups excluding carboxylic acids is 4. The van der Waals surface area contributed by atoms with Crippen molar-refractivity contribution in [1.82, 2.24) is 25.4 Å². The summed E-state index contributed by atoms with van der Waals surface area (Å²) >= 11 is 1.36. The number of imide groups is 1. The summed E-state index contributed by atoms with van der Waals surface area (Å²) in [7, 11) is 0. The molecule has 1 aromatic rings. The number of amides is 5. The topological polar surface area (TPSA) is 112 Å². The van der Waals surface area contributed by atoms with Crippen molar-refractivity contribution in [3.8, 4) is 0 Å². The van der Waals surface area contributed by atoms with Gasteiger partial charge in [-0.25, -0.2) is 9.78 Å². The molecule has 1 unspecified atom stereocenters. The Morgan fingerprint density at radius 2 is 2.19 bits per heavy atom. The molecule has 1 atom stereocenters. The number of carbonyl (C=O) groups is 4. The van der Waals surface area contributed by atoms with Gasteiger partial charge in [-0.15, -0.1) is 11.3 Å². The normalized spacial score (nSPS) is 21.9. The summed E-state index contributed by atoms with van der Waals surface area (Å²) in [5.74, 6) is -0.747. The third-order valence-electron chi connectivity index (χ3n) is 4.83. The maximum absolute atomic E-state index is 12.6. The molecule has 3 heterocycles. The molecule has 10 heteroatoms. The van der Waals surface area contributed by atoms with Crippen molar-refractivity contribution in [1.29, 1.82) is 0 Å². The van der Waals surface area contributed by atoms with Crippen molar-refractivity contribution in [2.45, 2.75) is 32.2 Å². The van der Waals surface area contributed by atoms with Gasteiger partial charge in [-0.3, -0.25) is 19.3 Å². The first-order valence-electron chi connectivity index (χ1n) is 8.86. The Balaban J connectivity index is 1.51. The second-order valence-corrected chi connectivity index (χ2v) is 8.10. The largest absolute Gasteiger partial charge is 0.350 e. The predicted octanol–water partition coefficient (Wildman–Crippen LogP) is 0.442. The molecule has 2 fully saturated rings. The third-order valence-corrected chi connectivity index (χ3v) is 5.41. The average Bonchev–Trinajstić information content (AvgIpc) is 3.23. The zero-order valence-corrected chi connectivity index (χ0v) is 16.2. The molecule has 2 aliphatic rings. The Morgan fingerprint density at radius 3 is 2.81 bits per heavy atom. The molecular formula is C17H23N5O4S. The molecular weight excluding hydrogens is 370 g/mol. The molecule has 0 bridgehead atoms. The van der Waals surface area contributed by atoms with Gasteiger partial charge in [0.25, 0.3) is 11.8 Å². The van der Waals surface area contributed by atoms with Crippen LogP contribution in [0.15, 0.2) is 10.9 Å². The Bertz CT molecular complexity index is 749. The summed E-state index contributed by atoms with van der Waals surface area (Å²) in [4.78, 5) is 55.3. The summed E-state index contributed by atoms with van der Waals surface area (Å²) in [6, 6.07) is -0.539. The summed E-state index contributed by atoms with van der Waals surface area (Å²) in [5.41, 5.74) is 1.01. The molecule has 0 aliphatic carbocycles. The van der Waals surface area contributed by atoms with Crippen LogP contribution in [-0.4, -0.2) is 70.3 Å². The van der Waals surface area contributed by atoms with E-state index >= 15 is 0 Å². The number of hydrogen-bond donors (Lipinski definition) is 2. The number of thiazole rings is 1. The number of piperidine rings is 1. The van der Waals surface area contributed by atoms with Crippen LogP contribution in [0.5, 0.6) is 0 Å². The van der Waals surface area contributed by atoms with Gasteiger partial charge in [0.2, 0.25) is 5.91 Å². The van der Waals surface area contributed by atoms with Gasteiger partial charge in [0.05, 0.1) is 5.51 Å². The molecule has 2 N–H and O–H groups in total. The highest BCUT2D eigenvalue weighted by Gasteiger charge is 2.45. The third kappa shape index (κ3) is 4.26. The van der Waals surface area contributed by atoms with Crippen LogP contribution in [-0.2, 0) is 9.59 Å². The van der Waals surface area contributed by atoms with Crippen molar-refractivity contribution in [3.63, 3.8) is 0 Å². The molecule has 5 amide bonds. The smallest absolute Gasteiger partial charge is 0.325 e. The summed E-state index contributed by atoms with van der Waals surface area (Å²) < 4.78 is 0. The van der Waals surface area contributed by atoms with Gasteiger partial charge in [0, 0.05) is 25.0 Å². The number of rotatable bonds is 5.